The van der Waals surface area contributed by atoms with Crippen LogP contribution in [-0.4, -0.2) is 39.1 Å². The largest absolute Gasteiger partial charge is 0.573 e. The summed E-state index contributed by atoms with van der Waals surface area (Å²) < 4.78 is 54.5. The molecule has 0 bridgehead atoms. The van der Waals surface area contributed by atoms with Gasteiger partial charge in [0.25, 0.3) is 0 Å². The fourth-order valence-electron chi connectivity index (χ4n) is 3.74. The van der Waals surface area contributed by atoms with Gasteiger partial charge in [-0.1, -0.05) is 6.07 Å². The van der Waals surface area contributed by atoms with Crippen LogP contribution in [0.1, 0.15) is 26.3 Å². The molecule has 0 aliphatic heterocycles. The topological polar surface area (TPSA) is 99.5 Å². The number of amides is 1. The molecule has 0 radical (unpaired) electrons. The number of fused-ring (bicyclic) bond motifs is 1. The Morgan fingerprint density at radius 2 is 1.79 bits per heavy atom. The number of hydrogen-bond donors (Lipinski definition) is 2. The Labute approximate surface area is 222 Å². The number of rotatable bonds is 8. The third-order valence-electron chi connectivity index (χ3n) is 5.28. The molecular formula is C27H28F3N5O4. The number of hydrogen-bond acceptors (Lipinski definition) is 7. The fourth-order valence-corrected chi connectivity index (χ4v) is 3.74. The number of aryl methyl sites for hydroxylation is 1. The molecule has 0 saturated carbocycles. The number of nitrogens with one attached hydrogen (secondary N) is 2. The molecule has 9 nitrogen and oxygen atoms in total. The van der Waals surface area contributed by atoms with Crippen LogP contribution in [0.5, 0.6) is 17.2 Å². The highest BCUT2D eigenvalue weighted by molar-refractivity contribution is 5.88. The maximum atomic E-state index is 12.5. The van der Waals surface area contributed by atoms with Crippen LogP contribution in [0.15, 0.2) is 61.1 Å². The van der Waals surface area contributed by atoms with Gasteiger partial charge < -0.3 is 29.4 Å². The Kier molecular flexibility index (Phi) is 7.84. The number of carbonyl (C=O) groups excluding carboxylic acids is 1. The second-order valence-corrected chi connectivity index (χ2v) is 9.62. The minimum atomic E-state index is -4.79. The quantitative estimate of drug-likeness (QED) is 0.255. The standard InChI is InChI=1S/C27H28F3N5O4/c1-17-14-18(8-9-22(17)37-19-6-5-7-20(15-19)38-27(28,29)30)34-24-23-21(32-16-33-24)10-12-35(23)13-11-31-25(36)39-26(2,3)4/h5-10,12,14-16H,11,13H2,1-4H3,(H,31,36)(H,32,33,34). The minimum Gasteiger partial charge on any atom is -0.457 e. The van der Waals surface area contributed by atoms with Crippen molar-refractivity contribution in [3.05, 3.63) is 66.6 Å². The molecule has 206 valence electrons. The van der Waals surface area contributed by atoms with E-state index in [4.69, 9.17) is 9.47 Å². The molecule has 0 atom stereocenters. The van der Waals surface area contributed by atoms with Crippen molar-refractivity contribution in [1.82, 2.24) is 19.9 Å². The van der Waals surface area contributed by atoms with E-state index in [1.54, 1.807) is 32.9 Å². The van der Waals surface area contributed by atoms with Crippen molar-refractivity contribution in [2.75, 3.05) is 11.9 Å². The van der Waals surface area contributed by atoms with Gasteiger partial charge in [0.15, 0.2) is 5.82 Å². The van der Waals surface area contributed by atoms with E-state index in [9.17, 15) is 18.0 Å². The maximum absolute atomic E-state index is 12.5. The van der Waals surface area contributed by atoms with Gasteiger partial charge in [0.2, 0.25) is 0 Å². The summed E-state index contributed by atoms with van der Waals surface area (Å²) in [6, 6.07) is 12.5. The zero-order valence-electron chi connectivity index (χ0n) is 21.8. The molecule has 2 aromatic heterocycles. The zero-order chi connectivity index (χ0) is 28.2. The molecule has 2 aromatic carbocycles. The normalized spacial score (nSPS) is 11.8. The van der Waals surface area contributed by atoms with E-state index in [-0.39, 0.29) is 11.5 Å². The Morgan fingerprint density at radius 1 is 1.03 bits per heavy atom. The molecule has 0 aliphatic carbocycles. The fraction of sp³-hybridized carbons (Fsp3) is 0.296. The van der Waals surface area contributed by atoms with Gasteiger partial charge in [-0.3, -0.25) is 0 Å². The van der Waals surface area contributed by atoms with Crippen LogP contribution in [0.3, 0.4) is 0 Å². The Hall–Kier alpha value is -4.48. The molecule has 0 aliphatic rings. The number of alkyl halides is 3. The lowest BCUT2D eigenvalue weighted by molar-refractivity contribution is -0.274. The van der Waals surface area contributed by atoms with E-state index in [0.29, 0.717) is 30.3 Å². The number of carbonyl (C=O) groups is 1. The van der Waals surface area contributed by atoms with Crippen molar-refractivity contribution in [3.63, 3.8) is 0 Å². The predicted octanol–water partition coefficient (Wildman–Crippen LogP) is 6.70. The van der Waals surface area contributed by atoms with E-state index in [1.807, 2.05) is 29.8 Å². The van der Waals surface area contributed by atoms with Gasteiger partial charge in [-0.05, 0) is 69.7 Å². The van der Waals surface area contributed by atoms with Crippen LogP contribution in [0.2, 0.25) is 0 Å². The van der Waals surface area contributed by atoms with Crippen LogP contribution in [-0.2, 0) is 11.3 Å². The summed E-state index contributed by atoms with van der Waals surface area (Å²) in [6.07, 6.45) is -1.97. The smallest absolute Gasteiger partial charge is 0.457 e. The van der Waals surface area contributed by atoms with Crippen molar-refractivity contribution < 1.29 is 32.2 Å². The molecule has 4 aromatic rings. The predicted molar refractivity (Wildman–Crippen MR) is 139 cm³/mol. The number of nitrogens with zero attached hydrogens (tertiary/aromatic N) is 3. The lowest BCUT2D eigenvalue weighted by atomic mass is 10.2. The SMILES string of the molecule is Cc1cc(Nc2ncnc3ccn(CCNC(=O)OC(C)(C)C)c23)ccc1Oc1cccc(OC(F)(F)F)c1. The molecule has 12 heteroatoms. The lowest BCUT2D eigenvalue weighted by Gasteiger charge is -2.19. The van der Waals surface area contributed by atoms with E-state index in [2.05, 4.69) is 25.3 Å². The van der Waals surface area contributed by atoms with Crippen LogP contribution < -0.4 is 20.1 Å². The molecule has 2 N–H and O–H groups in total. The summed E-state index contributed by atoms with van der Waals surface area (Å²) in [7, 11) is 0. The van der Waals surface area contributed by atoms with Gasteiger partial charge in [-0.25, -0.2) is 14.8 Å². The second-order valence-electron chi connectivity index (χ2n) is 9.62. The number of alkyl carbamates (subject to hydrolysis) is 1. The van der Waals surface area contributed by atoms with Gasteiger partial charge in [0.1, 0.15) is 34.7 Å². The van der Waals surface area contributed by atoms with Gasteiger partial charge in [-0.15, -0.1) is 13.2 Å². The first-order chi connectivity index (χ1) is 18.4. The van der Waals surface area contributed by atoms with E-state index < -0.39 is 18.1 Å². The first kappa shape index (κ1) is 27.6. The van der Waals surface area contributed by atoms with E-state index in [0.717, 1.165) is 16.6 Å². The average molecular weight is 544 g/mol. The Bertz CT molecular complexity index is 1460. The van der Waals surface area contributed by atoms with Crippen LogP contribution in [0.4, 0.5) is 29.5 Å². The van der Waals surface area contributed by atoms with E-state index in [1.165, 1.54) is 30.6 Å². The molecule has 1 amide bonds. The first-order valence-corrected chi connectivity index (χ1v) is 12.0. The number of halogens is 3. The van der Waals surface area contributed by atoms with Crippen molar-refractivity contribution in [2.45, 2.75) is 46.2 Å². The summed E-state index contributed by atoms with van der Waals surface area (Å²) in [4.78, 5) is 20.7. The summed E-state index contributed by atoms with van der Waals surface area (Å²) >= 11 is 0. The Morgan fingerprint density at radius 3 is 2.51 bits per heavy atom. The lowest BCUT2D eigenvalue weighted by Crippen LogP contribution is -2.34. The highest BCUT2D eigenvalue weighted by Crippen LogP contribution is 2.32. The van der Waals surface area contributed by atoms with Gasteiger partial charge >= 0.3 is 12.5 Å². The molecule has 2 heterocycles. The molecule has 39 heavy (non-hydrogen) atoms. The van der Waals surface area contributed by atoms with Gasteiger partial charge in [0, 0.05) is 31.0 Å². The summed E-state index contributed by atoms with van der Waals surface area (Å²) in [6.45, 7) is 8.02. The van der Waals surface area contributed by atoms with Crippen LogP contribution in [0, 0.1) is 6.92 Å². The number of ether oxygens (including phenoxy) is 3. The number of benzene rings is 2. The molecule has 0 fully saturated rings. The summed E-state index contributed by atoms with van der Waals surface area (Å²) in [5.41, 5.74) is 2.35. The molecule has 0 spiro atoms. The molecule has 4 rings (SSSR count). The third kappa shape index (κ3) is 7.76. The maximum Gasteiger partial charge on any atom is 0.573 e. The first-order valence-electron chi connectivity index (χ1n) is 12.0. The van der Waals surface area contributed by atoms with Crippen molar-refractivity contribution >= 4 is 28.6 Å². The minimum absolute atomic E-state index is 0.205. The third-order valence-corrected chi connectivity index (χ3v) is 5.28. The molecular weight excluding hydrogens is 515 g/mol. The molecule has 0 saturated heterocycles. The van der Waals surface area contributed by atoms with Crippen molar-refractivity contribution in [3.8, 4) is 17.2 Å². The van der Waals surface area contributed by atoms with Crippen molar-refractivity contribution in [2.24, 2.45) is 0 Å². The Balaban J connectivity index is 1.46. The van der Waals surface area contributed by atoms with Gasteiger partial charge in [-0.2, -0.15) is 0 Å². The zero-order valence-corrected chi connectivity index (χ0v) is 21.8. The monoisotopic (exact) mass is 543 g/mol. The molecule has 0 unspecified atom stereocenters. The summed E-state index contributed by atoms with van der Waals surface area (Å²) in [5, 5.41) is 6.02. The van der Waals surface area contributed by atoms with Crippen LogP contribution >= 0.6 is 0 Å². The average Bonchev–Trinajstić information content (AvgIpc) is 3.23. The van der Waals surface area contributed by atoms with E-state index >= 15 is 0 Å². The highest BCUT2D eigenvalue weighted by atomic mass is 19.4. The van der Waals surface area contributed by atoms with Gasteiger partial charge in [0.05, 0.1) is 5.52 Å². The van der Waals surface area contributed by atoms with Crippen LogP contribution in [0.25, 0.3) is 11.0 Å². The number of anilines is 2. The highest BCUT2D eigenvalue weighted by Gasteiger charge is 2.31. The number of aromatic nitrogens is 3. The van der Waals surface area contributed by atoms with Crippen molar-refractivity contribution in [1.29, 1.82) is 0 Å². The summed E-state index contributed by atoms with van der Waals surface area (Å²) in [5.74, 6) is 0.866. The second kappa shape index (κ2) is 11.1.